The molecule has 4 N–H and O–H groups in total. The van der Waals surface area contributed by atoms with Gasteiger partial charge in [0.1, 0.15) is 6.04 Å². The number of carbonyl (C=O) groups is 1. The minimum Gasteiger partial charge on any atom is -0.373 e. The van der Waals surface area contributed by atoms with Crippen LogP contribution >= 0.6 is 0 Å². The van der Waals surface area contributed by atoms with Crippen LogP contribution in [0, 0.1) is 0 Å². The Morgan fingerprint density at radius 3 is 2.68 bits per heavy atom. The zero-order valence-corrected chi connectivity index (χ0v) is 11.1. The maximum absolute atomic E-state index is 12.3. The van der Waals surface area contributed by atoms with Gasteiger partial charge < -0.3 is 16.4 Å². The highest BCUT2D eigenvalue weighted by Gasteiger charge is 2.28. The van der Waals surface area contributed by atoms with Crippen LogP contribution in [0.15, 0.2) is 24.3 Å². The maximum atomic E-state index is 12.3. The largest absolute Gasteiger partial charge is 0.373 e. The summed E-state index contributed by atoms with van der Waals surface area (Å²) in [6.45, 7) is 0. The van der Waals surface area contributed by atoms with Gasteiger partial charge in [0, 0.05) is 24.2 Å². The van der Waals surface area contributed by atoms with E-state index in [2.05, 4.69) is 16.7 Å². The number of hydrogen-bond acceptors (Lipinski definition) is 3. The molecule has 0 spiro atoms. The first-order chi connectivity index (χ1) is 9.22. The van der Waals surface area contributed by atoms with Crippen LogP contribution < -0.4 is 16.4 Å². The first-order valence-electron chi connectivity index (χ1n) is 7.13. The Kier molecular flexibility index (Phi) is 3.42. The van der Waals surface area contributed by atoms with Crippen molar-refractivity contribution in [2.45, 2.75) is 50.2 Å². The average molecular weight is 259 g/mol. The van der Waals surface area contributed by atoms with Crippen molar-refractivity contribution in [1.82, 2.24) is 5.32 Å². The van der Waals surface area contributed by atoms with Gasteiger partial charge in [0.15, 0.2) is 0 Å². The summed E-state index contributed by atoms with van der Waals surface area (Å²) in [4.78, 5) is 12.3. The molecule has 0 saturated heterocycles. The van der Waals surface area contributed by atoms with Gasteiger partial charge in [0.25, 0.3) is 0 Å². The fourth-order valence-corrected chi connectivity index (χ4v) is 3.02. The third-order valence-electron chi connectivity index (χ3n) is 4.21. The Labute approximate surface area is 113 Å². The fourth-order valence-electron chi connectivity index (χ4n) is 3.02. The molecule has 2 aliphatic rings. The molecule has 0 unspecified atom stereocenters. The molecule has 1 heterocycles. The van der Waals surface area contributed by atoms with E-state index in [0.29, 0.717) is 12.1 Å². The van der Waals surface area contributed by atoms with E-state index in [-0.39, 0.29) is 11.9 Å². The van der Waals surface area contributed by atoms with Gasteiger partial charge in [-0.2, -0.15) is 0 Å². The first kappa shape index (κ1) is 12.5. The molecule has 1 fully saturated rings. The number of hydrogen-bond donors (Lipinski definition) is 3. The molecule has 1 aliphatic carbocycles. The van der Waals surface area contributed by atoms with Gasteiger partial charge in [-0.1, -0.05) is 18.2 Å². The van der Waals surface area contributed by atoms with Gasteiger partial charge in [-0.3, -0.25) is 4.79 Å². The van der Waals surface area contributed by atoms with Crippen molar-refractivity contribution in [3.8, 4) is 0 Å². The van der Waals surface area contributed by atoms with Crippen LogP contribution in [0.3, 0.4) is 0 Å². The number of amides is 1. The lowest BCUT2D eigenvalue weighted by molar-refractivity contribution is -0.122. The molecule has 1 saturated carbocycles. The summed E-state index contributed by atoms with van der Waals surface area (Å²) in [5, 5.41) is 6.46. The maximum Gasteiger partial charge on any atom is 0.243 e. The molecule has 1 atom stereocenters. The monoisotopic (exact) mass is 259 g/mol. The predicted octanol–water partition coefficient (Wildman–Crippen LogP) is 1.41. The Morgan fingerprint density at radius 2 is 1.95 bits per heavy atom. The van der Waals surface area contributed by atoms with Gasteiger partial charge in [-0.25, -0.2) is 0 Å². The number of para-hydroxylation sites is 1. The molecule has 0 bridgehead atoms. The second-order valence-corrected chi connectivity index (χ2v) is 5.68. The lowest BCUT2D eigenvalue weighted by Gasteiger charge is -2.27. The van der Waals surface area contributed by atoms with Crippen LogP contribution in [0.1, 0.15) is 31.2 Å². The topological polar surface area (TPSA) is 67.1 Å². The fraction of sp³-hybridized carbons (Fsp3) is 0.533. The molecule has 1 aromatic carbocycles. The van der Waals surface area contributed by atoms with Gasteiger partial charge in [0.05, 0.1) is 0 Å². The van der Waals surface area contributed by atoms with E-state index in [0.717, 1.165) is 37.8 Å². The summed E-state index contributed by atoms with van der Waals surface area (Å²) < 4.78 is 0. The number of nitrogens with two attached hydrogens (primary N) is 1. The highest BCUT2D eigenvalue weighted by molar-refractivity contribution is 5.87. The standard InChI is InChI=1S/C15H21N3O/c16-11-5-7-12(8-6-11)17-15(19)14-9-10-3-1-2-4-13(10)18-14/h1-4,11-12,14,18H,5-9,16H2,(H,17,19)/t11?,12?,14-/m0/s1. The zero-order chi connectivity index (χ0) is 13.2. The van der Waals surface area contributed by atoms with Gasteiger partial charge in [-0.15, -0.1) is 0 Å². The molecule has 0 radical (unpaired) electrons. The van der Waals surface area contributed by atoms with E-state index in [4.69, 9.17) is 5.73 Å². The van der Waals surface area contributed by atoms with Crippen LogP contribution in [-0.2, 0) is 11.2 Å². The summed E-state index contributed by atoms with van der Waals surface area (Å²) in [5.74, 6) is 0.122. The van der Waals surface area contributed by atoms with Gasteiger partial charge in [-0.05, 0) is 37.3 Å². The molecule has 19 heavy (non-hydrogen) atoms. The highest BCUT2D eigenvalue weighted by atomic mass is 16.2. The highest BCUT2D eigenvalue weighted by Crippen LogP contribution is 2.25. The minimum absolute atomic E-state index is 0.118. The van der Waals surface area contributed by atoms with E-state index < -0.39 is 0 Å². The molecule has 1 amide bonds. The van der Waals surface area contributed by atoms with E-state index in [1.54, 1.807) is 0 Å². The molecule has 1 aliphatic heterocycles. The van der Waals surface area contributed by atoms with Crippen molar-refractivity contribution in [1.29, 1.82) is 0 Å². The molecule has 0 aromatic heterocycles. The third kappa shape index (κ3) is 2.73. The lowest BCUT2D eigenvalue weighted by Crippen LogP contribution is -2.46. The molecule has 1 aromatic rings. The third-order valence-corrected chi connectivity index (χ3v) is 4.21. The van der Waals surface area contributed by atoms with E-state index in [1.807, 2.05) is 18.2 Å². The second kappa shape index (κ2) is 5.21. The number of rotatable bonds is 2. The Bertz CT molecular complexity index is 441. The molecular formula is C15H21N3O. The van der Waals surface area contributed by atoms with Crippen LogP contribution in [0.5, 0.6) is 0 Å². The average Bonchev–Trinajstić information content (AvgIpc) is 2.85. The molecule has 4 nitrogen and oxygen atoms in total. The number of fused-ring (bicyclic) bond motifs is 1. The van der Waals surface area contributed by atoms with E-state index in [9.17, 15) is 4.79 Å². The van der Waals surface area contributed by atoms with Crippen molar-refractivity contribution in [3.05, 3.63) is 29.8 Å². The van der Waals surface area contributed by atoms with Crippen molar-refractivity contribution in [2.75, 3.05) is 5.32 Å². The second-order valence-electron chi connectivity index (χ2n) is 5.68. The van der Waals surface area contributed by atoms with Crippen molar-refractivity contribution in [3.63, 3.8) is 0 Å². The van der Waals surface area contributed by atoms with Gasteiger partial charge in [0.2, 0.25) is 5.91 Å². The predicted molar refractivity (Wildman–Crippen MR) is 75.9 cm³/mol. The van der Waals surface area contributed by atoms with Crippen LogP contribution in [0.4, 0.5) is 5.69 Å². The summed E-state index contributed by atoms with van der Waals surface area (Å²) >= 11 is 0. The number of benzene rings is 1. The van der Waals surface area contributed by atoms with Crippen molar-refractivity contribution < 1.29 is 4.79 Å². The van der Waals surface area contributed by atoms with Crippen LogP contribution in [0.25, 0.3) is 0 Å². The van der Waals surface area contributed by atoms with Crippen LogP contribution in [0.2, 0.25) is 0 Å². The Morgan fingerprint density at radius 1 is 1.21 bits per heavy atom. The van der Waals surface area contributed by atoms with Crippen molar-refractivity contribution in [2.24, 2.45) is 5.73 Å². The van der Waals surface area contributed by atoms with Crippen molar-refractivity contribution >= 4 is 11.6 Å². The first-order valence-corrected chi connectivity index (χ1v) is 7.13. The smallest absolute Gasteiger partial charge is 0.243 e. The minimum atomic E-state index is -0.118. The Hall–Kier alpha value is -1.55. The van der Waals surface area contributed by atoms with E-state index in [1.165, 1.54) is 5.56 Å². The number of nitrogens with one attached hydrogen (secondary N) is 2. The zero-order valence-electron chi connectivity index (χ0n) is 11.1. The molecule has 4 heteroatoms. The summed E-state index contributed by atoms with van der Waals surface area (Å²) in [6, 6.07) is 8.63. The van der Waals surface area contributed by atoms with E-state index >= 15 is 0 Å². The number of carbonyl (C=O) groups excluding carboxylic acids is 1. The summed E-state index contributed by atoms with van der Waals surface area (Å²) in [6.07, 6.45) is 4.83. The Balaban J connectivity index is 1.55. The molecule has 3 rings (SSSR count). The van der Waals surface area contributed by atoms with Crippen LogP contribution in [-0.4, -0.2) is 24.0 Å². The lowest BCUT2D eigenvalue weighted by atomic mass is 9.91. The summed E-state index contributed by atoms with van der Waals surface area (Å²) in [7, 11) is 0. The normalized spacial score (nSPS) is 29.4. The summed E-state index contributed by atoms with van der Waals surface area (Å²) in [5.41, 5.74) is 8.20. The SMILES string of the molecule is NC1CCC(NC(=O)[C@@H]2Cc3ccccc3N2)CC1. The van der Waals surface area contributed by atoms with Gasteiger partial charge >= 0.3 is 0 Å². The quantitative estimate of drug-likeness (QED) is 0.752. The molecule has 102 valence electrons. The molecular weight excluding hydrogens is 238 g/mol. The number of anilines is 1.